The van der Waals surface area contributed by atoms with Crippen molar-refractivity contribution in [3.63, 3.8) is 0 Å². The molecule has 4 rings (SSSR count). The van der Waals surface area contributed by atoms with Crippen molar-refractivity contribution in [2.24, 2.45) is 46.3 Å². The lowest BCUT2D eigenvalue weighted by molar-refractivity contribution is -0.135. The van der Waals surface area contributed by atoms with E-state index < -0.39 is 0 Å². The average Bonchev–Trinajstić information content (AvgIpc) is 3.05. The lowest BCUT2D eigenvalue weighted by Crippen LogP contribution is -2.53. The molecule has 0 unspecified atom stereocenters. The molecule has 0 heterocycles. The Balaban J connectivity index is 1.54. The Bertz CT molecular complexity index is 678. The number of fused-ring (bicyclic) bond motifs is 5. The summed E-state index contributed by atoms with van der Waals surface area (Å²) in [5.74, 6) is 4.35. The number of hydrogen-bond donors (Lipinski definition) is 0. The Kier molecular flexibility index (Phi) is 6.30. The molecule has 0 saturated heterocycles. The summed E-state index contributed by atoms with van der Waals surface area (Å²) in [6.45, 7) is 12.3. The van der Waals surface area contributed by atoms with Crippen LogP contribution in [-0.4, -0.2) is 19.0 Å². The van der Waals surface area contributed by atoms with Crippen LogP contribution in [0.2, 0.25) is 0 Å². The molecule has 170 valence electrons. The Hall–Kier alpha value is -0.630. The molecule has 2 heteroatoms. The van der Waals surface area contributed by atoms with E-state index in [-0.39, 0.29) is 11.3 Å². The molecular formula is C28H46O2. The largest absolute Gasteiger partial charge is 0.381 e. The van der Waals surface area contributed by atoms with Crippen LogP contribution in [0.1, 0.15) is 98.8 Å². The van der Waals surface area contributed by atoms with Crippen LogP contribution in [0.15, 0.2) is 11.6 Å². The maximum atomic E-state index is 13.5. The van der Waals surface area contributed by atoms with Gasteiger partial charge in [-0.15, -0.1) is 0 Å². The third-order valence-corrected chi connectivity index (χ3v) is 10.4. The number of methoxy groups -OCH3 is 1. The summed E-state index contributed by atoms with van der Waals surface area (Å²) >= 11 is 0. The molecule has 0 aromatic heterocycles. The summed E-state index contributed by atoms with van der Waals surface area (Å²) in [6.07, 6.45) is 15.0. The number of ketones is 1. The van der Waals surface area contributed by atoms with Gasteiger partial charge in [-0.3, -0.25) is 4.79 Å². The minimum atomic E-state index is 0.232. The molecule has 2 nitrogen and oxygen atoms in total. The average molecular weight is 415 g/mol. The van der Waals surface area contributed by atoms with Crippen molar-refractivity contribution in [3.05, 3.63) is 11.6 Å². The fourth-order valence-electron chi connectivity index (χ4n) is 8.59. The first kappa shape index (κ1) is 22.6. The molecule has 8 atom stereocenters. The van der Waals surface area contributed by atoms with E-state index in [2.05, 4.69) is 40.7 Å². The second-order valence-corrected chi connectivity index (χ2v) is 12.4. The quantitative estimate of drug-likeness (QED) is 0.458. The molecule has 3 fully saturated rings. The van der Waals surface area contributed by atoms with Crippen LogP contribution in [-0.2, 0) is 9.53 Å². The smallest absolute Gasteiger partial charge is 0.159 e. The number of ether oxygens (including phenoxy) is 1. The Morgan fingerprint density at radius 1 is 1.03 bits per heavy atom. The van der Waals surface area contributed by atoms with Crippen LogP contribution in [0.5, 0.6) is 0 Å². The molecule has 0 aromatic rings. The highest BCUT2D eigenvalue weighted by Gasteiger charge is 2.61. The van der Waals surface area contributed by atoms with Crippen molar-refractivity contribution < 1.29 is 9.53 Å². The summed E-state index contributed by atoms with van der Waals surface area (Å²) in [5.41, 5.74) is 2.02. The van der Waals surface area contributed by atoms with Gasteiger partial charge in [0.05, 0.1) is 6.10 Å². The van der Waals surface area contributed by atoms with Gasteiger partial charge >= 0.3 is 0 Å². The molecular weight excluding hydrogens is 368 g/mol. The molecule has 0 amide bonds. The van der Waals surface area contributed by atoms with Crippen LogP contribution < -0.4 is 0 Å². The zero-order chi connectivity index (χ0) is 21.7. The van der Waals surface area contributed by atoms with Gasteiger partial charge in [-0.2, -0.15) is 0 Å². The molecule has 3 saturated carbocycles. The van der Waals surface area contributed by atoms with Crippen molar-refractivity contribution in [1.82, 2.24) is 0 Å². The summed E-state index contributed by atoms with van der Waals surface area (Å²) < 4.78 is 5.68. The molecule has 0 spiro atoms. The predicted molar refractivity (Wildman–Crippen MR) is 124 cm³/mol. The standard InChI is InChI=1S/C28H46O2/c1-18(2)8-7-9-19(3)22-10-11-23-26-24(13-15-28(22,23)5)27(4)14-12-21(30-6)16-20(27)17-25(26)29/h17-19,21-24,26H,7-16H2,1-6H3/t19-,21+,22-,23+,24+,26+,27+,28-/m1/s1. The highest BCUT2D eigenvalue weighted by molar-refractivity contribution is 5.94. The van der Waals surface area contributed by atoms with Gasteiger partial charge in [0.2, 0.25) is 0 Å². The van der Waals surface area contributed by atoms with Gasteiger partial charge in [0, 0.05) is 13.0 Å². The molecule has 0 aromatic carbocycles. The normalized spacial score (nSPS) is 44.3. The topological polar surface area (TPSA) is 26.3 Å². The fourth-order valence-corrected chi connectivity index (χ4v) is 8.59. The number of carbonyl (C=O) groups excluding carboxylic acids is 1. The number of hydrogen-bond acceptors (Lipinski definition) is 2. The second kappa shape index (κ2) is 8.38. The minimum Gasteiger partial charge on any atom is -0.381 e. The lowest BCUT2D eigenvalue weighted by atomic mass is 9.46. The zero-order valence-corrected chi connectivity index (χ0v) is 20.5. The first-order valence-corrected chi connectivity index (χ1v) is 13.0. The highest BCUT2D eigenvalue weighted by Crippen LogP contribution is 2.66. The van der Waals surface area contributed by atoms with E-state index in [1.54, 1.807) is 0 Å². The summed E-state index contributed by atoms with van der Waals surface area (Å²) in [6, 6.07) is 0. The van der Waals surface area contributed by atoms with Crippen molar-refractivity contribution in [2.45, 2.75) is 105 Å². The zero-order valence-electron chi connectivity index (χ0n) is 20.5. The summed E-state index contributed by atoms with van der Waals surface area (Å²) in [5, 5.41) is 0. The number of carbonyl (C=O) groups is 1. The molecule has 4 aliphatic rings. The summed E-state index contributed by atoms with van der Waals surface area (Å²) in [7, 11) is 1.83. The van der Waals surface area contributed by atoms with Gasteiger partial charge in [0.15, 0.2) is 5.78 Å². The van der Waals surface area contributed by atoms with E-state index in [0.717, 1.165) is 30.6 Å². The van der Waals surface area contributed by atoms with E-state index in [0.29, 0.717) is 29.1 Å². The molecule has 0 N–H and O–H groups in total. The van der Waals surface area contributed by atoms with Crippen LogP contribution in [0.3, 0.4) is 0 Å². The maximum Gasteiger partial charge on any atom is 0.159 e. The van der Waals surface area contributed by atoms with E-state index in [9.17, 15) is 4.79 Å². The third kappa shape index (κ3) is 3.63. The molecule has 0 radical (unpaired) electrons. The summed E-state index contributed by atoms with van der Waals surface area (Å²) in [4.78, 5) is 13.5. The first-order chi connectivity index (χ1) is 14.2. The van der Waals surface area contributed by atoms with E-state index in [1.165, 1.54) is 56.9 Å². The number of rotatable bonds is 6. The Labute approximate surface area is 185 Å². The SMILES string of the molecule is CO[C@H]1CC[C@@]2(C)C(=CC(=O)[C@H]3[C@@H]4CC[C@H]([C@H](C)CCCC(C)C)[C@@]4(C)CC[C@@H]32)C1. The van der Waals surface area contributed by atoms with Crippen LogP contribution in [0.4, 0.5) is 0 Å². The highest BCUT2D eigenvalue weighted by atomic mass is 16.5. The van der Waals surface area contributed by atoms with Crippen molar-refractivity contribution in [1.29, 1.82) is 0 Å². The van der Waals surface area contributed by atoms with E-state index in [4.69, 9.17) is 4.74 Å². The molecule has 0 aliphatic heterocycles. The molecule has 4 aliphatic carbocycles. The van der Waals surface area contributed by atoms with Crippen molar-refractivity contribution in [3.8, 4) is 0 Å². The Morgan fingerprint density at radius 2 is 1.80 bits per heavy atom. The van der Waals surface area contributed by atoms with Crippen LogP contribution in [0.25, 0.3) is 0 Å². The minimum absolute atomic E-state index is 0.232. The Morgan fingerprint density at radius 3 is 2.50 bits per heavy atom. The van der Waals surface area contributed by atoms with Gasteiger partial charge in [0.1, 0.15) is 0 Å². The van der Waals surface area contributed by atoms with Gasteiger partial charge in [0.25, 0.3) is 0 Å². The fraction of sp³-hybridized carbons (Fsp3) is 0.893. The van der Waals surface area contributed by atoms with Crippen LogP contribution in [0, 0.1) is 46.3 Å². The van der Waals surface area contributed by atoms with Gasteiger partial charge in [-0.25, -0.2) is 0 Å². The molecule has 30 heavy (non-hydrogen) atoms. The van der Waals surface area contributed by atoms with Gasteiger partial charge < -0.3 is 4.74 Å². The van der Waals surface area contributed by atoms with Gasteiger partial charge in [-0.05, 0) is 91.4 Å². The maximum absolute atomic E-state index is 13.5. The predicted octanol–water partition coefficient (Wildman–Crippen LogP) is 7.22. The van der Waals surface area contributed by atoms with Crippen molar-refractivity contribution in [2.75, 3.05) is 7.11 Å². The van der Waals surface area contributed by atoms with Crippen molar-refractivity contribution >= 4 is 5.78 Å². The molecule has 0 bridgehead atoms. The first-order valence-electron chi connectivity index (χ1n) is 13.0. The lowest BCUT2D eigenvalue weighted by Gasteiger charge is -2.57. The third-order valence-electron chi connectivity index (χ3n) is 10.4. The van der Waals surface area contributed by atoms with E-state index in [1.807, 2.05) is 7.11 Å². The second-order valence-electron chi connectivity index (χ2n) is 12.4. The van der Waals surface area contributed by atoms with Crippen LogP contribution >= 0.6 is 0 Å². The van der Waals surface area contributed by atoms with E-state index >= 15 is 0 Å². The monoisotopic (exact) mass is 414 g/mol. The van der Waals surface area contributed by atoms with Gasteiger partial charge in [-0.1, -0.05) is 59.5 Å². The number of allylic oxidation sites excluding steroid dienone is 1.